The summed E-state index contributed by atoms with van der Waals surface area (Å²) in [4.78, 5) is 18.0. The molecule has 0 saturated carbocycles. The van der Waals surface area contributed by atoms with Gasteiger partial charge in [0.2, 0.25) is 11.9 Å². The molecule has 1 fully saturated rings. The molecule has 0 bridgehead atoms. The lowest BCUT2D eigenvalue weighted by molar-refractivity contribution is -0.119. The monoisotopic (exact) mass is 486 g/mol. The lowest BCUT2D eigenvalue weighted by Crippen LogP contribution is -2.40. The molecule has 9 nitrogen and oxygen atoms in total. The van der Waals surface area contributed by atoms with Crippen molar-refractivity contribution >= 4 is 23.1 Å². The number of likely N-dealkylation sites (tertiary alicyclic amines) is 1. The quantitative estimate of drug-likeness (QED) is 0.390. The Labute approximate surface area is 209 Å². The number of nitrogens with two attached hydrogens (primary N) is 1. The van der Waals surface area contributed by atoms with E-state index in [1.807, 2.05) is 47.0 Å². The maximum absolute atomic E-state index is 11.4. The molecule has 3 heterocycles. The maximum atomic E-state index is 11.4. The third kappa shape index (κ3) is 4.83. The van der Waals surface area contributed by atoms with Crippen LogP contribution in [0.3, 0.4) is 0 Å². The standard InChI is InChI=1S/C27H30N6O3/c1-35-24-8-4-3-7-21(24)23-12-10-20-15-29-27(31-33(20)23)30-22-11-9-18(14-25(22)36-2)19-6-5-13-32(16-19)17-26(28)34/h3-4,7-12,14-15,19H,5-6,13,16-17H2,1-2H3,(H2,28,34)(H,30,31). The number of nitrogens with one attached hydrogen (secondary N) is 1. The minimum atomic E-state index is -0.290. The highest BCUT2D eigenvalue weighted by molar-refractivity contribution is 5.76. The molecule has 1 atom stereocenters. The van der Waals surface area contributed by atoms with Gasteiger partial charge in [0.05, 0.1) is 43.9 Å². The molecule has 0 aliphatic carbocycles. The van der Waals surface area contributed by atoms with E-state index >= 15 is 0 Å². The summed E-state index contributed by atoms with van der Waals surface area (Å²) in [5.74, 6) is 1.96. The zero-order valence-electron chi connectivity index (χ0n) is 20.5. The molecule has 5 rings (SSSR count). The molecule has 1 amide bonds. The van der Waals surface area contributed by atoms with Crippen LogP contribution >= 0.6 is 0 Å². The smallest absolute Gasteiger partial charge is 0.245 e. The minimum absolute atomic E-state index is 0.290. The summed E-state index contributed by atoms with van der Waals surface area (Å²) >= 11 is 0. The summed E-state index contributed by atoms with van der Waals surface area (Å²) in [6.45, 7) is 1.99. The summed E-state index contributed by atoms with van der Waals surface area (Å²) in [6, 6.07) is 18.0. The van der Waals surface area contributed by atoms with Crippen molar-refractivity contribution in [2.24, 2.45) is 5.73 Å². The van der Waals surface area contributed by atoms with Gasteiger partial charge in [0.15, 0.2) is 0 Å². The van der Waals surface area contributed by atoms with E-state index < -0.39 is 0 Å². The van der Waals surface area contributed by atoms with E-state index in [0.717, 1.165) is 54.1 Å². The van der Waals surface area contributed by atoms with Crippen molar-refractivity contribution in [1.82, 2.24) is 19.5 Å². The molecule has 0 spiro atoms. The Hall–Kier alpha value is -4.11. The number of piperidine rings is 1. The Morgan fingerprint density at radius 2 is 1.94 bits per heavy atom. The van der Waals surface area contributed by atoms with E-state index in [2.05, 4.69) is 27.3 Å². The molecular formula is C27H30N6O3. The van der Waals surface area contributed by atoms with Crippen molar-refractivity contribution in [3.05, 3.63) is 66.4 Å². The van der Waals surface area contributed by atoms with E-state index in [1.54, 1.807) is 20.4 Å². The summed E-state index contributed by atoms with van der Waals surface area (Å²) in [5, 5.41) is 8.05. The highest BCUT2D eigenvalue weighted by Crippen LogP contribution is 2.35. The molecule has 3 N–H and O–H groups in total. The second-order valence-electron chi connectivity index (χ2n) is 8.96. The normalized spacial score (nSPS) is 16.1. The third-order valence-corrected chi connectivity index (χ3v) is 6.61. The molecule has 9 heteroatoms. The third-order valence-electron chi connectivity index (χ3n) is 6.61. The maximum Gasteiger partial charge on any atom is 0.245 e. The van der Waals surface area contributed by atoms with E-state index in [-0.39, 0.29) is 5.91 Å². The van der Waals surface area contributed by atoms with Gasteiger partial charge in [-0.1, -0.05) is 18.2 Å². The summed E-state index contributed by atoms with van der Waals surface area (Å²) < 4.78 is 13.1. The fourth-order valence-electron chi connectivity index (χ4n) is 4.90. The molecule has 2 aromatic heterocycles. The van der Waals surface area contributed by atoms with Gasteiger partial charge >= 0.3 is 0 Å². The Morgan fingerprint density at radius 3 is 2.75 bits per heavy atom. The first-order valence-corrected chi connectivity index (χ1v) is 12.0. The van der Waals surface area contributed by atoms with Crippen LogP contribution in [0, 0.1) is 0 Å². The van der Waals surface area contributed by atoms with Gasteiger partial charge in [0, 0.05) is 12.1 Å². The van der Waals surface area contributed by atoms with Crippen molar-refractivity contribution in [3.8, 4) is 22.8 Å². The fraction of sp³-hybridized carbons (Fsp3) is 0.296. The first-order chi connectivity index (χ1) is 17.6. The number of amides is 1. The zero-order valence-corrected chi connectivity index (χ0v) is 20.5. The van der Waals surface area contributed by atoms with Crippen LogP contribution < -0.4 is 20.5 Å². The van der Waals surface area contributed by atoms with Crippen LogP contribution in [0.2, 0.25) is 0 Å². The topological polar surface area (TPSA) is 107 Å². The average molecular weight is 487 g/mol. The number of nitrogens with zero attached hydrogens (tertiary/aromatic N) is 4. The molecule has 1 aliphatic heterocycles. The second kappa shape index (κ2) is 10.2. The van der Waals surface area contributed by atoms with Crippen LogP contribution in [-0.2, 0) is 4.79 Å². The Morgan fingerprint density at radius 1 is 1.11 bits per heavy atom. The lowest BCUT2D eigenvalue weighted by atomic mass is 9.90. The van der Waals surface area contributed by atoms with Gasteiger partial charge < -0.3 is 20.5 Å². The van der Waals surface area contributed by atoms with Gasteiger partial charge in [-0.3, -0.25) is 9.69 Å². The van der Waals surface area contributed by atoms with Crippen molar-refractivity contribution in [3.63, 3.8) is 0 Å². The average Bonchev–Trinajstić information content (AvgIpc) is 3.31. The summed E-state index contributed by atoms with van der Waals surface area (Å²) in [7, 11) is 3.31. The Bertz CT molecular complexity index is 1390. The first-order valence-electron chi connectivity index (χ1n) is 12.0. The number of primary amides is 1. The van der Waals surface area contributed by atoms with Gasteiger partial charge in [0.1, 0.15) is 11.5 Å². The molecule has 0 radical (unpaired) electrons. The predicted octanol–water partition coefficient (Wildman–Crippen LogP) is 3.82. The van der Waals surface area contributed by atoms with Crippen LogP contribution in [0.4, 0.5) is 11.6 Å². The number of carbonyl (C=O) groups excluding carboxylic acids is 1. The van der Waals surface area contributed by atoms with E-state index in [4.69, 9.17) is 20.3 Å². The molecule has 2 aromatic carbocycles. The Balaban J connectivity index is 1.40. The van der Waals surface area contributed by atoms with Crippen LogP contribution in [0.15, 0.2) is 60.8 Å². The predicted molar refractivity (Wildman–Crippen MR) is 139 cm³/mol. The van der Waals surface area contributed by atoms with Crippen LogP contribution in [0.1, 0.15) is 24.3 Å². The Kier molecular flexibility index (Phi) is 6.73. The van der Waals surface area contributed by atoms with E-state index in [0.29, 0.717) is 24.2 Å². The van der Waals surface area contributed by atoms with Gasteiger partial charge in [-0.05, 0) is 67.3 Å². The number of hydrogen-bond donors (Lipinski definition) is 2. The number of para-hydroxylation sites is 1. The number of rotatable bonds is 8. The number of benzene rings is 2. The van der Waals surface area contributed by atoms with Gasteiger partial charge in [-0.25, -0.2) is 9.50 Å². The second-order valence-corrected chi connectivity index (χ2v) is 8.96. The largest absolute Gasteiger partial charge is 0.496 e. The van der Waals surface area contributed by atoms with Crippen LogP contribution in [-0.4, -0.2) is 59.3 Å². The van der Waals surface area contributed by atoms with Gasteiger partial charge in [0.25, 0.3) is 0 Å². The van der Waals surface area contributed by atoms with Crippen molar-refractivity contribution in [1.29, 1.82) is 0 Å². The molecule has 4 aromatic rings. The zero-order chi connectivity index (χ0) is 25.1. The first kappa shape index (κ1) is 23.6. The molecule has 1 unspecified atom stereocenters. The van der Waals surface area contributed by atoms with E-state index in [9.17, 15) is 4.79 Å². The molecule has 186 valence electrons. The minimum Gasteiger partial charge on any atom is -0.496 e. The summed E-state index contributed by atoms with van der Waals surface area (Å²) in [6.07, 6.45) is 3.87. The van der Waals surface area contributed by atoms with Gasteiger partial charge in [-0.2, -0.15) is 0 Å². The molecule has 1 saturated heterocycles. The molecule has 36 heavy (non-hydrogen) atoms. The lowest BCUT2D eigenvalue weighted by Gasteiger charge is -2.32. The van der Waals surface area contributed by atoms with Crippen molar-refractivity contribution in [2.45, 2.75) is 18.8 Å². The number of carbonyl (C=O) groups is 1. The number of anilines is 2. The van der Waals surface area contributed by atoms with Crippen LogP contribution in [0.5, 0.6) is 11.5 Å². The SMILES string of the molecule is COc1cc(C2CCCN(CC(N)=O)C2)ccc1Nc1ncc2ccc(-c3ccccc3OC)n2n1. The van der Waals surface area contributed by atoms with Crippen molar-refractivity contribution in [2.75, 3.05) is 39.2 Å². The molecule has 1 aliphatic rings. The number of hydrogen-bond acceptors (Lipinski definition) is 7. The number of fused-ring (bicyclic) bond motifs is 1. The fourth-order valence-corrected chi connectivity index (χ4v) is 4.90. The number of methoxy groups -OCH3 is 2. The summed E-state index contributed by atoms with van der Waals surface area (Å²) in [5.41, 5.74) is 10.1. The highest BCUT2D eigenvalue weighted by atomic mass is 16.5. The highest BCUT2D eigenvalue weighted by Gasteiger charge is 2.23. The van der Waals surface area contributed by atoms with Crippen molar-refractivity contribution < 1.29 is 14.3 Å². The van der Waals surface area contributed by atoms with E-state index in [1.165, 1.54) is 5.56 Å². The van der Waals surface area contributed by atoms with Gasteiger partial charge in [-0.15, -0.1) is 5.10 Å². The van der Waals surface area contributed by atoms with Crippen LogP contribution in [0.25, 0.3) is 16.8 Å². The number of aromatic nitrogens is 3. The number of ether oxygens (including phenoxy) is 2. The molecular weight excluding hydrogens is 456 g/mol.